The van der Waals surface area contributed by atoms with E-state index in [1.54, 1.807) is 6.08 Å². The number of anilines is 1. The first kappa shape index (κ1) is 16.0. The van der Waals surface area contributed by atoms with Crippen molar-refractivity contribution >= 4 is 34.7 Å². The summed E-state index contributed by atoms with van der Waals surface area (Å²) in [5, 5.41) is 1.98. The lowest BCUT2D eigenvalue weighted by Gasteiger charge is -2.36. The van der Waals surface area contributed by atoms with Crippen LogP contribution in [0.15, 0.2) is 29.2 Å². The van der Waals surface area contributed by atoms with Crippen molar-refractivity contribution in [3.63, 3.8) is 0 Å². The summed E-state index contributed by atoms with van der Waals surface area (Å²) in [7, 11) is 0. The summed E-state index contributed by atoms with van der Waals surface area (Å²) in [4.78, 5) is 28.2. The molecule has 3 N–H and O–H groups in total. The molecule has 0 atom stereocenters. The van der Waals surface area contributed by atoms with Crippen LogP contribution in [0.5, 0.6) is 0 Å². The van der Waals surface area contributed by atoms with Crippen molar-refractivity contribution in [2.24, 2.45) is 5.73 Å². The monoisotopic (exact) mass is 332 g/mol. The molecule has 1 aromatic rings. The number of rotatable bonds is 4. The molecule has 2 aliphatic rings. The Labute approximate surface area is 139 Å². The van der Waals surface area contributed by atoms with E-state index in [9.17, 15) is 9.59 Å². The van der Waals surface area contributed by atoms with Crippen molar-refractivity contribution in [1.82, 2.24) is 10.2 Å². The Hall–Kier alpha value is -1.83. The van der Waals surface area contributed by atoms with Gasteiger partial charge in [-0.15, -0.1) is 0 Å². The number of carbonyl (C=O) groups is 2. The van der Waals surface area contributed by atoms with Crippen LogP contribution in [0.3, 0.4) is 0 Å². The minimum absolute atomic E-state index is 0.311. The minimum Gasteiger partial charge on any atom is -0.368 e. The molecule has 122 valence electrons. The Morgan fingerprint density at radius 2 is 1.91 bits per heavy atom. The van der Waals surface area contributed by atoms with Crippen LogP contribution in [0.1, 0.15) is 5.56 Å². The molecule has 2 fully saturated rings. The fourth-order valence-electron chi connectivity index (χ4n) is 2.85. The average molecular weight is 332 g/mol. The number of imide groups is 1. The van der Waals surface area contributed by atoms with E-state index < -0.39 is 0 Å². The molecule has 0 bridgehead atoms. The summed E-state index contributed by atoms with van der Waals surface area (Å²) < 4.78 is 0. The third-order valence-corrected chi connectivity index (χ3v) is 4.83. The maximum absolute atomic E-state index is 11.7. The van der Waals surface area contributed by atoms with Crippen LogP contribution in [-0.2, 0) is 4.79 Å². The molecule has 2 heterocycles. The Balaban J connectivity index is 1.78. The number of nitrogens with two attached hydrogens (primary N) is 1. The normalized spacial score (nSPS) is 21.1. The molecule has 0 aromatic heterocycles. The number of carbonyl (C=O) groups excluding carboxylic acids is 2. The van der Waals surface area contributed by atoms with Gasteiger partial charge in [0.2, 0.25) is 0 Å². The number of hydrogen-bond acceptors (Lipinski definition) is 6. The van der Waals surface area contributed by atoms with Gasteiger partial charge in [-0.2, -0.15) is 0 Å². The van der Waals surface area contributed by atoms with Gasteiger partial charge in [0.05, 0.1) is 4.91 Å². The maximum atomic E-state index is 11.7. The van der Waals surface area contributed by atoms with E-state index in [-0.39, 0.29) is 11.1 Å². The Bertz CT molecular complexity index is 639. The summed E-state index contributed by atoms with van der Waals surface area (Å²) in [5.41, 5.74) is 7.68. The van der Waals surface area contributed by atoms with Gasteiger partial charge in [0.25, 0.3) is 11.1 Å². The third-order valence-electron chi connectivity index (χ3n) is 4.02. The predicted octanol–water partition coefficient (Wildman–Crippen LogP) is 1.09. The molecule has 6 nitrogen and oxygen atoms in total. The molecule has 0 aliphatic carbocycles. The predicted molar refractivity (Wildman–Crippen MR) is 93.3 cm³/mol. The largest absolute Gasteiger partial charge is 0.368 e. The molecule has 0 unspecified atom stereocenters. The smallest absolute Gasteiger partial charge is 0.290 e. The van der Waals surface area contributed by atoms with E-state index in [1.165, 1.54) is 0 Å². The summed E-state index contributed by atoms with van der Waals surface area (Å²) in [6, 6.07) is 7.98. The molecule has 2 aliphatic heterocycles. The van der Waals surface area contributed by atoms with Crippen molar-refractivity contribution < 1.29 is 9.59 Å². The lowest BCUT2D eigenvalue weighted by atomic mass is 10.1. The fourth-order valence-corrected chi connectivity index (χ4v) is 3.53. The lowest BCUT2D eigenvalue weighted by molar-refractivity contribution is -0.115. The highest BCUT2D eigenvalue weighted by molar-refractivity contribution is 8.18. The Morgan fingerprint density at radius 3 is 2.57 bits per heavy atom. The number of para-hydroxylation sites is 1. The van der Waals surface area contributed by atoms with Crippen LogP contribution in [0.2, 0.25) is 0 Å². The topological polar surface area (TPSA) is 78.7 Å². The highest BCUT2D eigenvalue weighted by Crippen LogP contribution is 2.30. The average Bonchev–Trinajstić information content (AvgIpc) is 2.87. The molecule has 3 rings (SSSR count). The molecule has 2 amide bonds. The summed E-state index contributed by atoms with van der Waals surface area (Å²) in [5.74, 6) is -0.317. The molecule has 23 heavy (non-hydrogen) atoms. The molecule has 7 heteroatoms. The fraction of sp³-hybridized carbons (Fsp3) is 0.375. The van der Waals surface area contributed by atoms with E-state index in [2.05, 4.69) is 21.2 Å². The quantitative estimate of drug-likeness (QED) is 0.804. The molecule has 0 spiro atoms. The molecule has 0 radical (unpaired) electrons. The zero-order valence-corrected chi connectivity index (χ0v) is 13.6. The van der Waals surface area contributed by atoms with Crippen LogP contribution in [0.4, 0.5) is 10.5 Å². The number of benzene rings is 1. The van der Waals surface area contributed by atoms with E-state index in [0.717, 1.165) is 55.7 Å². The van der Waals surface area contributed by atoms with Crippen molar-refractivity contribution in [3.05, 3.63) is 34.7 Å². The second-order valence-electron chi connectivity index (χ2n) is 5.53. The second-order valence-corrected chi connectivity index (χ2v) is 6.54. The number of amides is 2. The molecule has 0 saturated carbocycles. The molecular weight excluding hydrogens is 312 g/mol. The van der Waals surface area contributed by atoms with Gasteiger partial charge in [-0.05, 0) is 29.5 Å². The van der Waals surface area contributed by atoms with Crippen LogP contribution < -0.4 is 16.0 Å². The van der Waals surface area contributed by atoms with E-state index in [0.29, 0.717) is 11.4 Å². The van der Waals surface area contributed by atoms with Gasteiger partial charge in [-0.25, -0.2) is 0 Å². The van der Waals surface area contributed by atoms with Gasteiger partial charge in [-0.3, -0.25) is 19.8 Å². The van der Waals surface area contributed by atoms with E-state index >= 15 is 0 Å². The second kappa shape index (κ2) is 7.16. The van der Waals surface area contributed by atoms with Gasteiger partial charge in [0, 0.05) is 45.0 Å². The Morgan fingerprint density at radius 1 is 1.17 bits per heavy atom. The number of nitrogens with zero attached hydrogens (tertiary/aromatic N) is 2. The highest BCUT2D eigenvalue weighted by atomic mass is 32.2. The van der Waals surface area contributed by atoms with Crippen molar-refractivity contribution in [2.45, 2.75) is 0 Å². The van der Waals surface area contributed by atoms with Crippen LogP contribution in [-0.4, -0.2) is 55.3 Å². The SMILES string of the molecule is NCCN1CCN(c2ccccc2C=C2SC(=O)NC2=O)CC1. The van der Waals surface area contributed by atoms with E-state index in [1.807, 2.05) is 18.2 Å². The molecule has 1 aromatic carbocycles. The maximum Gasteiger partial charge on any atom is 0.290 e. The highest BCUT2D eigenvalue weighted by Gasteiger charge is 2.26. The first-order valence-corrected chi connectivity index (χ1v) is 8.50. The van der Waals surface area contributed by atoms with Gasteiger partial charge < -0.3 is 10.6 Å². The minimum atomic E-state index is -0.317. The van der Waals surface area contributed by atoms with Crippen molar-refractivity contribution in [2.75, 3.05) is 44.2 Å². The molecule has 2 saturated heterocycles. The summed E-state index contributed by atoms with van der Waals surface area (Å²) >= 11 is 0.952. The van der Waals surface area contributed by atoms with Gasteiger partial charge in [0.1, 0.15) is 0 Å². The number of thioether (sulfide) groups is 1. The number of hydrogen-bond donors (Lipinski definition) is 2. The number of nitrogens with one attached hydrogen (secondary N) is 1. The summed E-state index contributed by atoms with van der Waals surface area (Å²) in [6.45, 7) is 5.43. The van der Waals surface area contributed by atoms with Crippen LogP contribution in [0.25, 0.3) is 6.08 Å². The number of piperazine rings is 1. The Kier molecular flexibility index (Phi) is 5.00. The van der Waals surface area contributed by atoms with Gasteiger partial charge in [-0.1, -0.05) is 18.2 Å². The van der Waals surface area contributed by atoms with E-state index in [4.69, 9.17) is 5.73 Å². The van der Waals surface area contributed by atoms with Crippen molar-refractivity contribution in [3.8, 4) is 0 Å². The first-order valence-electron chi connectivity index (χ1n) is 7.68. The molecular formula is C16H20N4O2S. The van der Waals surface area contributed by atoms with Crippen LogP contribution >= 0.6 is 11.8 Å². The standard InChI is InChI=1S/C16H20N4O2S/c17-5-6-19-7-9-20(10-8-19)13-4-2-1-3-12(13)11-14-15(21)18-16(22)23-14/h1-4,11H,5-10,17H2,(H,18,21,22). The van der Waals surface area contributed by atoms with Gasteiger partial charge in [0.15, 0.2) is 0 Å². The van der Waals surface area contributed by atoms with Gasteiger partial charge >= 0.3 is 0 Å². The third kappa shape index (κ3) is 3.74. The zero-order chi connectivity index (χ0) is 16.2. The first-order chi connectivity index (χ1) is 11.2. The van der Waals surface area contributed by atoms with Crippen molar-refractivity contribution in [1.29, 1.82) is 0 Å². The summed E-state index contributed by atoms with van der Waals surface area (Å²) in [6.07, 6.45) is 1.80. The lowest BCUT2D eigenvalue weighted by Crippen LogP contribution is -2.47. The zero-order valence-electron chi connectivity index (χ0n) is 12.8. The van der Waals surface area contributed by atoms with Crippen LogP contribution in [0, 0.1) is 0 Å².